The molecule has 0 unspecified atom stereocenters. The van der Waals surface area contributed by atoms with Crippen molar-refractivity contribution in [1.82, 2.24) is 0 Å². The second kappa shape index (κ2) is 9.00. The summed E-state index contributed by atoms with van der Waals surface area (Å²) in [4.78, 5) is 11.5. The Hall–Kier alpha value is -1.99. The molecule has 0 radical (unpaired) electrons. The van der Waals surface area contributed by atoms with Gasteiger partial charge in [-0.25, -0.2) is 0 Å². The average molecular weight is 274 g/mol. The molecule has 0 saturated heterocycles. The number of amides is 1. The van der Waals surface area contributed by atoms with Gasteiger partial charge in [-0.2, -0.15) is 0 Å². The van der Waals surface area contributed by atoms with Gasteiger partial charge < -0.3 is 15.8 Å². The Kier molecular flexibility index (Phi) is 7.23. The van der Waals surface area contributed by atoms with E-state index in [1.165, 1.54) is 0 Å². The van der Waals surface area contributed by atoms with E-state index in [1.54, 1.807) is 13.2 Å². The summed E-state index contributed by atoms with van der Waals surface area (Å²) in [5.41, 5.74) is 7.40. The maximum Gasteiger partial charge on any atom is 0.250 e. The SMILES string of the molecule is CCCCC#Cc1ccc(NCCOC)c(C(N)=O)c1. The van der Waals surface area contributed by atoms with Gasteiger partial charge in [-0.05, 0) is 24.6 Å². The Morgan fingerprint density at radius 1 is 1.45 bits per heavy atom. The van der Waals surface area contributed by atoms with Crippen LogP contribution >= 0.6 is 0 Å². The van der Waals surface area contributed by atoms with E-state index in [1.807, 2.05) is 12.1 Å². The molecule has 20 heavy (non-hydrogen) atoms. The Balaban J connectivity index is 2.82. The highest BCUT2D eigenvalue weighted by molar-refractivity contribution is 5.98. The molecule has 0 fully saturated rings. The molecule has 0 spiro atoms. The Labute approximate surface area is 120 Å². The third-order valence-corrected chi connectivity index (χ3v) is 2.79. The number of hydrogen-bond acceptors (Lipinski definition) is 3. The largest absolute Gasteiger partial charge is 0.383 e. The van der Waals surface area contributed by atoms with Crippen LogP contribution in [0.25, 0.3) is 0 Å². The fourth-order valence-corrected chi connectivity index (χ4v) is 1.70. The van der Waals surface area contributed by atoms with E-state index in [2.05, 4.69) is 24.1 Å². The molecule has 4 nitrogen and oxygen atoms in total. The standard InChI is InChI=1S/C16H22N2O2/c1-3-4-5-6-7-13-8-9-15(18-10-11-20-2)14(12-13)16(17)19/h8-9,12,18H,3-5,10-11H2,1-2H3,(H2,17,19). The summed E-state index contributed by atoms with van der Waals surface area (Å²) in [6.07, 6.45) is 3.09. The number of hydrogen-bond donors (Lipinski definition) is 2. The van der Waals surface area contributed by atoms with Crippen molar-refractivity contribution < 1.29 is 9.53 Å². The summed E-state index contributed by atoms with van der Waals surface area (Å²) in [6.45, 7) is 3.32. The minimum Gasteiger partial charge on any atom is -0.383 e. The summed E-state index contributed by atoms with van der Waals surface area (Å²) in [5, 5.41) is 3.13. The van der Waals surface area contributed by atoms with E-state index < -0.39 is 5.91 Å². The van der Waals surface area contributed by atoms with Crippen molar-refractivity contribution in [2.24, 2.45) is 5.73 Å². The first-order chi connectivity index (χ1) is 9.69. The van der Waals surface area contributed by atoms with Gasteiger partial charge >= 0.3 is 0 Å². The number of anilines is 1. The van der Waals surface area contributed by atoms with Crippen molar-refractivity contribution in [3.8, 4) is 11.8 Å². The second-order valence-electron chi connectivity index (χ2n) is 4.45. The minimum absolute atomic E-state index is 0.456. The Morgan fingerprint density at radius 3 is 2.90 bits per heavy atom. The molecule has 1 amide bonds. The lowest BCUT2D eigenvalue weighted by Crippen LogP contribution is -2.16. The molecule has 0 heterocycles. The topological polar surface area (TPSA) is 64.3 Å². The zero-order valence-corrected chi connectivity index (χ0v) is 12.2. The van der Waals surface area contributed by atoms with E-state index >= 15 is 0 Å². The van der Waals surface area contributed by atoms with Crippen LogP contribution in [0.4, 0.5) is 5.69 Å². The van der Waals surface area contributed by atoms with Crippen LogP contribution in [0, 0.1) is 11.8 Å². The predicted molar refractivity (Wildman–Crippen MR) is 81.7 cm³/mol. The first-order valence-corrected chi connectivity index (χ1v) is 6.84. The quantitative estimate of drug-likeness (QED) is 0.592. The lowest BCUT2D eigenvalue weighted by molar-refractivity contribution is 0.100. The van der Waals surface area contributed by atoms with Crippen LogP contribution in [-0.4, -0.2) is 26.2 Å². The maximum atomic E-state index is 11.5. The lowest BCUT2D eigenvalue weighted by Gasteiger charge is -2.10. The highest BCUT2D eigenvalue weighted by Gasteiger charge is 2.08. The number of methoxy groups -OCH3 is 1. The number of carbonyl (C=O) groups excluding carboxylic acids is 1. The van der Waals surface area contributed by atoms with Crippen LogP contribution in [-0.2, 0) is 4.74 Å². The highest BCUT2D eigenvalue weighted by Crippen LogP contribution is 2.16. The molecule has 0 aromatic heterocycles. The molecule has 3 N–H and O–H groups in total. The molecule has 1 aromatic rings. The summed E-state index contributed by atoms with van der Waals surface area (Å²) >= 11 is 0. The smallest absolute Gasteiger partial charge is 0.250 e. The van der Waals surface area contributed by atoms with Crippen molar-refractivity contribution in [2.75, 3.05) is 25.6 Å². The van der Waals surface area contributed by atoms with E-state index in [0.29, 0.717) is 24.4 Å². The second-order valence-corrected chi connectivity index (χ2v) is 4.45. The van der Waals surface area contributed by atoms with Gasteiger partial charge in [-0.1, -0.05) is 25.2 Å². The molecule has 0 atom stereocenters. The summed E-state index contributed by atoms with van der Waals surface area (Å²) in [5.74, 6) is 5.70. The molecular formula is C16H22N2O2. The average Bonchev–Trinajstić information content (AvgIpc) is 2.44. The van der Waals surface area contributed by atoms with Crippen LogP contribution in [0.1, 0.15) is 42.1 Å². The zero-order chi connectivity index (χ0) is 14.8. The van der Waals surface area contributed by atoms with Crippen LogP contribution in [0.15, 0.2) is 18.2 Å². The molecule has 0 aliphatic heterocycles. The number of benzene rings is 1. The van der Waals surface area contributed by atoms with Crippen molar-refractivity contribution in [2.45, 2.75) is 26.2 Å². The molecule has 1 aromatic carbocycles. The molecule has 1 rings (SSSR count). The first kappa shape index (κ1) is 16.1. The Bertz CT molecular complexity index is 501. The lowest BCUT2D eigenvalue weighted by atomic mass is 10.1. The van der Waals surface area contributed by atoms with Gasteiger partial charge in [-0.3, -0.25) is 4.79 Å². The summed E-state index contributed by atoms with van der Waals surface area (Å²) < 4.78 is 4.96. The van der Waals surface area contributed by atoms with Gasteiger partial charge in [0.2, 0.25) is 0 Å². The van der Waals surface area contributed by atoms with Gasteiger partial charge in [-0.15, -0.1) is 0 Å². The monoisotopic (exact) mass is 274 g/mol. The van der Waals surface area contributed by atoms with Crippen molar-refractivity contribution in [3.05, 3.63) is 29.3 Å². The molecule has 0 aliphatic rings. The number of ether oxygens (including phenoxy) is 1. The highest BCUT2D eigenvalue weighted by atomic mass is 16.5. The predicted octanol–water partition coefficient (Wildman–Crippen LogP) is 2.39. The number of nitrogens with two attached hydrogens (primary N) is 1. The molecular weight excluding hydrogens is 252 g/mol. The number of unbranched alkanes of at least 4 members (excludes halogenated alkanes) is 2. The van der Waals surface area contributed by atoms with E-state index in [9.17, 15) is 4.79 Å². The normalized spacial score (nSPS) is 9.70. The fraction of sp³-hybridized carbons (Fsp3) is 0.438. The Morgan fingerprint density at radius 2 is 2.25 bits per heavy atom. The maximum absolute atomic E-state index is 11.5. The van der Waals surface area contributed by atoms with Crippen LogP contribution < -0.4 is 11.1 Å². The molecule has 0 bridgehead atoms. The number of rotatable bonds is 7. The van der Waals surface area contributed by atoms with Crippen molar-refractivity contribution >= 4 is 11.6 Å². The zero-order valence-electron chi connectivity index (χ0n) is 12.2. The van der Waals surface area contributed by atoms with E-state index in [-0.39, 0.29) is 0 Å². The number of carbonyl (C=O) groups is 1. The van der Waals surface area contributed by atoms with Gasteiger partial charge in [0, 0.05) is 31.3 Å². The fourth-order valence-electron chi connectivity index (χ4n) is 1.70. The van der Waals surface area contributed by atoms with Crippen LogP contribution in [0.5, 0.6) is 0 Å². The summed E-state index contributed by atoms with van der Waals surface area (Å²) in [7, 11) is 1.63. The van der Waals surface area contributed by atoms with Crippen molar-refractivity contribution in [1.29, 1.82) is 0 Å². The van der Waals surface area contributed by atoms with Crippen LogP contribution in [0.2, 0.25) is 0 Å². The minimum atomic E-state index is -0.456. The van der Waals surface area contributed by atoms with Crippen molar-refractivity contribution in [3.63, 3.8) is 0 Å². The summed E-state index contributed by atoms with van der Waals surface area (Å²) in [6, 6.07) is 5.45. The van der Waals surface area contributed by atoms with E-state index in [0.717, 1.165) is 24.8 Å². The molecule has 108 valence electrons. The van der Waals surface area contributed by atoms with Gasteiger partial charge in [0.1, 0.15) is 0 Å². The number of nitrogens with one attached hydrogen (secondary N) is 1. The van der Waals surface area contributed by atoms with Gasteiger partial charge in [0.05, 0.1) is 12.2 Å². The molecule has 0 saturated carbocycles. The molecule has 4 heteroatoms. The number of primary amides is 1. The van der Waals surface area contributed by atoms with Gasteiger partial charge in [0.15, 0.2) is 0 Å². The van der Waals surface area contributed by atoms with Gasteiger partial charge in [0.25, 0.3) is 5.91 Å². The van der Waals surface area contributed by atoms with E-state index in [4.69, 9.17) is 10.5 Å². The molecule has 0 aliphatic carbocycles. The first-order valence-electron chi connectivity index (χ1n) is 6.84. The third kappa shape index (κ3) is 5.33. The third-order valence-electron chi connectivity index (χ3n) is 2.79. The van der Waals surface area contributed by atoms with Crippen LogP contribution in [0.3, 0.4) is 0 Å².